The summed E-state index contributed by atoms with van der Waals surface area (Å²) < 4.78 is 0. The average Bonchev–Trinajstić information content (AvgIpc) is 2.11. The van der Waals surface area contributed by atoms with E-state index in [0.717, 1.165) is 12.0 Å². The molecule has 1 heteroatoms. The minimum Gasteiger partial charge on any atom is -0.311 e. The first kappa shape index (κ1) is 14.0. The number of nitrogens with one attached hydrogen (secondary N) is 1. The fourth-order valence-corrected chi connectivity index (χ4v) is 3.47. The highest BCUT2D eigenvalue weighted by Gasteiger charge is 2.32. The highest BCUT2D eigenvalue weighted by molar-refractivity contribution is 4.87. The molecule has 1 fully saturated rings. The molecule has 3 unspecified atom stereocenters. The summed E-state index contributed by atoms with van der Waals surface area (Å²) in [5, 5.41) is 3.84. The lowest BCUT2D eigenvalue weighted by atomic mass is 9.70. The van der Waals surface area contributed by atoms with Crippen molar-refractivity contribution in [3.63, 3.8) is 0 Å². The molecule has 1 nitrogen and oxygen atoms in total. The molecule has 1 N–H and O–H groups in total. The minimum atomic E-state index is 0.541. The van der Waals surface area contributed by atoms with Gasteiger partial charge in [0.25, 0.3) is 0 Å². The minimum absolute atomic E-state index is 0.541. The van der Waals surface area contributed by atoms with Crippen LogP contribution in [0.15, 0.2) is 0 Å². The number of rotatable bonds is 5. The van der Waals surface area contributed by atoms with E-state index < -0.39 is 0 Å². The molecular weight excluding hydrogens is 194 g/mol. The molecule has 1 aliphatic carbocycles. The predicted octanol–water partition coefficient (Wildman–Crippen LogP) is 4.37. The van der Waals surface area contributed by atoms with Gasteiger partial charge in [-0.2, -0.15) is 0 Å². The van der Waals surface area contributed by atoms with Crippen LogP contribution < -0.4 is 5.32 Å². The molecule has 1 aliphatic rings. The molecular formula is C15H31N. The molecule has 16 heavy (non-hydrogen) atoms. The second-order valence-corrected chi connectivity index (χ2v) is 6.82. The Balaban J connectivity index is 2.35. The van der Waals surface area contributed by atoms with Crippen molar-refractivity contribution >= 4 is 0 Å². The maximum atomic E-state index is 3.84. The maximum absolute atomic E-state index is 3.84. The van der Waals surface area contributed by atoms with Gasteiger partial charge >= 0.3 is 0 Å². The largest absolute Gasteiger partial charge is 0.311 e. The van der Waals surface area contributed by atoms with Crippen LogP contribution >= 0.6 is 0 Å². The van der Waals surface area contributed by atoms with E-state index >= 15 is 0 Å². The molecule has 0 aromatic heterocycles. The third-order valence-electron chi connectivity index (χ3n) is 3.90. The quantitative estimate of drug-likeness (QED) is 0.732. The monoisotopic (exact) mass is 225 g/mol. The molecule has 0 spiro atoms. The normalized spacial score (nSPS) is 31.3. The average molecular weight is 225 g/mol. The van der Waals surface area contributed by atoms with Gasteiger partial charge in [0.1, 0.15) is 0 Å². The fourth-order valence-electron chi connectivity index (χ4n) is 3.47. The Morgan fingerprint density at radius 1 is 1.31 bits per heavy atom. The van der Waals surface area contributed by atoms with E-state index in [1.807, 2.05) is 0 Å². The van der Waals surface area contributed by atoms with Gasteiger partial charge in [-0.3, -0.25) is 0 Å². The zero-order valence-corrected chi connectivity index (χ0v) is 12.0. The van der Waals surface area contributed by atoms with Crippen LogP contribution in [0.3, 0.4) is 0 Å². The second-order valence-electron chi connectivity index (χ2n) is 6.82. The summed E-state index contributed by atoms with van der Waals surface area (Å²) in [6.45, 7) is 11.9. The Bertz CT molecular complexity index is 198. The third kappa shape index (κ3) is 4.86. The van der Waals surface area contributed by atoms with Crippen molar-refractivity contribution in [1.29, 1.82) is 0 Å². The summed E-state index contributed by atoms with van der Waals surface area (Å²) in [7, 11) is 0. The number of hydrogen-bond acceptors (Lipinski definition) is 1. The van der Waals surface area contributed by atoms with Gasteiger partial charge in [-0.15, -0.1) is 0 Å². The van der Waals surface area contributed by atoms with Crippen molar-refractivity contribution in [3.8, 4) is 0 Å². The lowest BCUT2D eigenvalue weighted by Gasteiger charge is -2.40. The van der Waals surface area contributed by atoms with Gasteiger partial charge < -0.3 is 5.32 Å². The van der Waals surface area contributed by atoms with Crippen molar-refractivity contribution in [2.24, 2.45) is 11.3 Å². The van der Waals surface area contributed by atoms with Gasteiger partial charge in [0.15, 0.2) is 0 Å². The molecule has 1 rings (SSSR count). The van der Waals surface area contributed by atoms with Crippen LogP contribution in [0.1, 0.15) is 73.1 Å². The van der Waals surface area contributed by atoms with Crippen LogP contribution in [0.4, 0.5) is 0 Å². The lowest BCUT2D eigenvalue weighted by molar-refractivity contribution is 0.144. The molecule has 0 saturated heterocycles. The van der Waals surface area contributed by atoms with E-state index in [4.69, 9.17) is 0 Å². The first-order valence-electron chi connectivity index (χ1n) is 7.19. The predicted molar refractivity (Wildman–Crippen MR) is 72.7 cm³/mol. The van der Waals surface area contributed by atoms with E-state index in [9.17, 15) is 0 Å². The van der Waals surface area contributed by atoms with Gasteiger partial charge in [0.05, 0.1) is 0 Å². The summed E-state index contributed by atoms with van der Waals surface area (Å²) in [4.78, 5) is 0. The van der Waals surface area contributed by atoms with Crippen LogP contribution in [0, 0.1) is 11.3 Å². The highest BCUT2D eigenvalue weighted by atomic mass is 14.9. The van der Waals surface area contributed by atoms with Crippen LogP contribution in [0.25, 0.3) is 0 Å². The molecule has 0 amide bonds. The maximum Gasteiger partial charge on any atom is 0.00771 e. The molecule has 1 saturated carbocycles. The topological polar surface area (TPSA) is 12.0 Å². The molecule has 96 valence electrons. The summed E-state index contributed by atoms with van der Waals surface area (Å²) in [5.74, 6) is 0.889. The highest BCUT2D eigenvalue weighted by Crippen LogP contribution is 2.38. The summed E-state index contributed by atoms with van der Waals surface area (Å²) >= 11 is 0. The third-order valence-corrected chi connectivity index (χ3v) is 3.90. The molecule has 0 bridgehead atoms. The van der Waals surface area contributed by atoms with Gasteiger partial charge in [0, 0.05) is 12.1 Å². The van der Waals surface area contributed by atoms with Crippen molar-refractivity contribution in [3.05, 3.63) is 0 Å². The molecule has 3 atom stereocenters. The van der Waals surface area contributed by atoms with Crippen LogP contribution in [0.5, 0.6) is 0 Å². The standard InChI is InChI=1S/C15H31N/c1-6-7-8-13(3)16-14-9-12(2)10-15(4,5)11-14/h12-14,16H,6-11H2,1-5H3. The zero-order chi connectivity index (χ0) is 12.2. The van der Waals surface area contributed by atoms with Gasteiger partial charge in [-0.1, -0.05) is 40.5 Å². The number of unbranched alkanes of at least 4 members (excludes halogenated alkanes) is 1. The zero-order valence-electron chi connectivity index (χ0n) is 12.0. The first-order valence-corrected chi connectivity index (χ1v) is 7.19. The first-order chi connectivity index (χ1) is 7.43. The van der Waals surface area contributed by atoms with Crippen molar-refractivity contribution in [2.75, 3.05) is 0 Å². The fraction of sp³-hybridized carbons (Fsp3) is 1.00. The van der Waals surface area contributed by atoms with E-state index in [1.165, 1.54) is 38.5 Å². The molecule has 0 aliphatic heterocycles. The summed E-state index contributed by atoms with van der Waals surface area (Å²) in [5.41, 5.74) is 0.541. The molecule has 0 aromatic carbocycles. The Hall–Kier alpha value is -0.0400. The lowest BCUT2D eigenvalue weighted by Crippen LogP contribution is -2.43. The van der Waals surface area contributed by atoms with E-state index in [2.05, 4.69) is 39.9 Å². The van der Waals surface area contributed by atoms with Crippen molar-refractivity contribution in [1.82, 2.24) is 5.32 Å². The van der Waals surface area contributed by atoms with Gasteiger partial charge in [-0.25, -0.2) is 0 Å². The molecule has 0 aromatic rings. The SMILES string of the molecule is CCCCC(C)NC1CC(C)CC(C)(C)C1. The van der Waals surface area contributed by atoms with Gasteiger partial charge in [-0.05, 0) is 43.9 Å². The van der Waals surface area contributed by atoms with Gasteiger partial charge in [0.2, 0.25) is 0 Å². The Kier molecular flexibility index (Phi) is 5.30. The summed E-state index contributed by atoms with van der Waals surface area (Å²) in [6.07, 6.45) is 8.14. The van der Waals surface area contributed by atoms with Crippen LogP contribution in [-0.2, 0) is 0 Å². The molecule has 0 radical (unpaired) electrons. The van der Waals surface area contributed by atoms with Crippen molar-refractivity contribution < 1.29 is 0 Å². The second kappa shape index (κ2) is 6.05. The Labute approximate surface area is 102 Å². The summed E-state index contributed by atoms with van der Waals surface area (Å²) in [6, 6.07) is 1.46. The van der Waals surface area contributed by atoms with E-state index in [1.54, 1.807) is 0 Å². The smallest absolute Gasteiger partial charge is 0.00771 e. The van der Waals surface area contributed by atoms with Crippen LogP contribution in [0.2, 0.25) is 0 Å². The number of hydrogen-bond donors (Lipinski definition) is 1. The van der Waals surface area contributed by atoms with E-state index in [0.29, 0.717) is 11.5 Å². The van der Waals surface area contributed by atoms with E-state index in [-0.39, 0.29) is 0 Å². The Morgan fingerprint density at radius 3 is 2.56 bits per heavy atom. The van der Waals surface area contributed by atoms with Crippen LogP contribution in [-0.4, -0.2) is 12.1 Å². The Morgan fingerprint density at radius 2 is 2.00 bits per heavy atom. The van der Waals surface area contributed by atoms with Crippen molar-refractivity contribution in [2.45, 2.75) is 85.2 Å². The molecule has 0 heterocycles.